The van der Waals surface area contributed by atoms with Crippen molar-refractivity contribution in [1.82, 2.24) is 15.5 Å². The third kappa shape index (κ3) is 11.4. The summed E-state index contributed by atoms with van der Waals surface area (Å²) in [6.07, 6.45) is 4.94. The third-order valence-electron chi connectivity index (χ3n) is 8.41. The molecule has 47 heavy (non-hydrogen) atoms. The zero-order valence-corrected chi connectivity index (χ0v) is 27.2. The highest BCUT2D eigenvalue weighted by Gasteiger charge is 2.37. The van der Waals surface area contributed by atoms with E-state index in [1.807, 2.05) is 30.3 Å². The van der Waals surface area contributed by atoms with E-state index in [4.69, 9.17) is 27.3 Å². The molecular formula is C34H48N8O5. The largest absolute Gasteiger partial charge is 0.467 e. The van der Waals surface area contributed by atoms with Crippen LogP contribution < -0.4 is 27.8 Å². The summed E-state index contributed by atoms with van der Waals surface area (Å²) >= 11 is 0. The molecule has 3 amide bonds. The molecule has 13 nitrogen and oxygen atoms in total. The van der Waals surface area contributed by atoms with Gasteiger partial charge in [-0.25, -0.2) is 4.79 Å². The van der Waals surface area contributed by atoms with Gasteiger partial charge in [0, 0.05) is 25.7 Å². The number of rotatable bonds is 16. The van der Waals surface area contributed by atoms with Gasteiger partial charge in [-0.3, -0.25) is 24.8 Å². The predicted molar refractivity (Wildman–Crippen MR) is 180 cm³/mol. The summed E-state index contributed by atoms with van der Waals surface area (Å²) in [5.41, 5.74) is 18.5. The van der Waals surface area contributed by atoms with Crippen molar-refractivity contribution in [3.8, 4) is 0 Å². The van der Waals surface area contributed by atoms with Crippen LogP contribution in [-0.2, 0) is 36.9 Å². The highest BCUT2D eigenvalue weighted by molar-refractivity contribution is 6.02. The molecule has 1 saturated carbocycles. The Labute approximate surface area is 276 Å². The van der Waals surface area contributed by atoms with Crippen LogP contribution >= 0.6 is 0 Å². The number of esters is 1. The number of nitrogen functional groups attached to an aromatic ring is 1. The zero-order chi connectivity index (χ0) is 34.3. The lowest BCUT2D eigenvalue weighted by atomic mass is 9.83. The number of nitrogens with zero attached hydrogens (tertiary/aromatic N) is 2. The number of ether oxygens (including phenoxy) is 1. The second kappa shape index (κ2) is 18.3. The molecular weight excluding hydrogens is 600 g/mol. The maximum absolute atomic E-state index is 14.1. The first-order valence-electron chi connectivity index (χ1n) is 16.0. The monoisotopic (exact) mass is 648 g/mol. The Morgan fingerprint density at radius 2 is 1.60 bits per heavy atom. The number of hydrogen-bond donors (Lipinski definition) is 6. The number of carbonyl (C=O) groups is 4. The normalized spacial score (nSPS) is 14.9. The van der Waals surface area contributed by atoms with E-state index in [1.165, 1.54) is 12.0 Å². The van der Waals surface area contributed by atoms with Crippen molar-refractivity contribution in [2.75, 3.05) is 20.7 Å². The number of amides is 3. The Balaban J connectivity index is 1.87. The maximum atomic E-state index is 14.1. The molecule has 2 aromatic rings. The predicted octanol–water partition coefficient (Wildman–Crippen LogP) is 1.56. The fraction of sp³-hybridized carbons (Fsp3) is 0.471. The second-order valence-electron chi connectivity index (χ2n) is 12.0. The van der Waals surface area contributed by atoms with Crippen molar-refractivity contribution in [1.29, 1.82) is 5.41 Å². The van der Waals surface area contributed by atoms with Crippen LogP contribution in [0.25, 0.3) is 0 Å². The first kappa shape index (κ1) is 36.5. The number of guanidine groups is 1. The van der Waals surface area contributed by atoms with E-state index in [0.717, 1.165) is 24.8 Å². The van der Waals surface area contributed by atoms with Gasteiger partial charge in [0.1, 0.15) is 23.8 Å². The molecule has 0 aliphatic heterocycles. The van der Waals surface area contributed by atoms with Crippen LogP contribution in [-0.4, -0.2) is 73.2 Å². The van der Waals surface area contributed by atoms with Crippen LogP contribution in [0.1, 0.15) is 61.6 Å². The number of amidine groups is 1. The summed E-state index contributed by atoms with van der Waals surface area (Å²) in [6, 6.07) is 14.3. The number of hydrogen-bond acceptors (Lipinski definition) is 7. The van der Waals surface area contributed by atoms with Gasteiger partial charge in [-0.2, -0.15) is 0 Å². The van der Waals surface area contributed by atoms with Crippen molar-refractivity contribution in [3.05, 3.63) is 71.3 Å². The number of nitrogens with one attached hydrogen (secondary N) is 3. The van der Waals surface area contributed by atoms with E-state index in [-0.39, 0.29) is 37.1 Å². The van der Waals surface area contributed by atoms with Crippen LogP contribution in [0.3, 0.4) is 0 Å². The highest BCUT2D eigenvalue weighted by Crippen LogP contribution is 2.27. The van der Waals surface area contributed by atoms with Gasteiger partial charge in [0.15, 0.2) is 5.96 Å². The fourth-order valence-corrected chi connectivity index (χ4v) is 5.82. The minimum Gasteiger partial charge on any atom is -0.467 e. The molecule has 0 saturated heterocycles. The molecule has 3 rings (SSSR count). The Morgan fingerprint density at radius 1 is 0.936 bits per heavy atom. The van der Waals surface area contributed by atoms with E-state index in [2.05, 4.69) is 15.6 Å². The molecule has 0 bridgehead atoms. The minimum atomic E-state index is -1.15. The molecule has 0 heterocycles. The molecule has 0 aromatic heterocycles. The summed E-state index contributed by atoms with van der Waals surface area (Å²) < 4.78 is 4.93. The first-order chi connectivity index (χ1) is 22.5. The fourth-order valence-electron chi connectivity index (χ4n) is 5.82. The Kier molecular flexibility index (Phi) is 14.2. The molecule has 9 N–H and O–H groups in total. The van der Waals surface area contributed by atoms with E-state index in [0.29, 0.717) is 36.9 Å². The van der Waals surface area contributed by atoms with Gasteiger partial charge in [0.05, 0.1) is 7.11 Å². The molecule has 2 aromatic carbocycles. The lowest BCUT2D eigenvalue weighted by Gasteiger charge is -2.32. The van der Waals surface area contributed by atoms with E-state index < -0.39 is 41.7 Å². The van der Waals surface area contributed by atoms with Gasteiger partial charge in [-0.1, -0.05) is 73.9 Å². The summed E-state index contributed by atoms with van der Waals surface area (Å²) in [4.78, 5) is 59.9. The van der Waals surface area contributed by atoms with Gasteiger partial charge in [-0.05, 0) is 49.1 Å². The quantitative estimate of drug-likeness (QED) is 0.0514. The number of benzene rings is 2. The molecule has 0 radical (unpaired) electrons. The highest BCUT2D eigenvalue weighted by atomic mass is 16.5. The number of nitrogens with two attached hydrogens (primary N) is 3. The van der Waals surface area contributed by atoms with Crippen LogP contribution in [0, 0.1) is 17.2 Å². The van der Waals surface area contributed by atoms with Gasteiger partial charge < -0.3 is 37.5 Å². The lowest BCUT2D eigenvalue weighted by Crippen LogP contribution is -2.57. The topological polar surface area (TPSA) is 219 Å². The molecule has 2 unspecified atom stereocenters. The second-order valence-corrected chi connectivity index (χ2v) is 12.0. The molecule has 1 aliphatic carbocycles. The Morgan fingerprint density at radius 3 is 2.19 bits per heavy atom. The maximum Gasteiger partial charge on any atom is 0.328 e. The molecule has 0 spiro atoms. The van der Waals surface area contributed by atoms with Gasteiger partial charge in [0.25, 0.3) is 0 Å². The zero-order valence-electron chi connectivity index (χ0n) is 27.2. The Bertz CT molecular complexity index is 1390. The summed E-state index contributed by atoms with van der Waals surface area (Å²) in [5.74, 6) is -3.62. The summed E-state index contributed by atoms with van der Waals surface area (Å²) in [7, 11) is 2.88. The van der Waals surface area contributed by atoms with Crippen molar-refractivity contribution >= 4 is 35.5 Å². The third-order valence-corrected chi connectivity index (χ3v) is 8.41. The molecule has 13 heteroatoms. The summed E-state index contributed by atoms with van der Waals surface area (Å²) in [5, 5.41) is 13.4. The van der Waals surface area contributed by atoms with Gasteiger partial charge >= 0.3 is 5.97 Å². The standard InChI is InChI=1S/C34H48N8O5/c1-42(21-23-10-5-3-6-11-23)32(45)26(20-22-15-17-25(18-16-22)29(35)36)30(43)41-28(24-12-7-4-8-13-24)31(44)40-27(33(46)47-2)14-9-19-39-34(37)38/h3,5-6,10-11,15-18,24,26-28H,4,7-9,12-14,19-21H2,1-2H3,(H3,35,36)(H,40,44)(H,41,43)(H4,37,38,39)/t26?,27-,28?/m0/s1. The van der Waals surface area contributed by atoms with Crippen LogP contribution in [0.5, 0.6) is 0 Å². The first-order valence-corrected chi connectivity index (χ1v) is 16.0. The van der Waals surface area contributed by atoms with E-state index in [9.17, 15) is 19.2 Å². The van der Waals surface area contributed by atoms with Crippen LogP contribution in [0.4, 0.5) is 0 Å². The van der Waals surface area contributed by atoms with Crippen molar-refractivity contribution < 1.29 is 23.9 Å². The van der Waals surface area contributed by atoms with Crippen molar-refractivity contribution in [2.45, 2.75) is 70.0 Å². The SMILES string of the molecule is COC(=O)[C@H](CCCN=C(N)N)NC(=O)C(NC(=O)C(Cc1ccc(C(=N)N)cc1)C(=O)N(C)Cc1ccccc1)C1CCCCC1. The molecule has 254 valence electrons. The number of aliphatic imine (C=N–C) groups is 1. The van der Waals surface area contributed by atoms with Gasteiger partial charge in [-0.15, -0.1) is 0 Å². The molecule has 3 atom stereocenters. The van der Waals surface area contributed by atoms with Crippen molar-refractivity contribution in [2.24, 2.45) is 34.0 Å². The lowest BCUT2D eigenvalue weighted by molar-refractivity contribution is -0.146. The summed E-state index contributed by atoms with van der Waals surface area (Å²) in [6.45, 7) is 0.558. The van der Waals surface area contributed by atoms with Crippen LogP contribution in [0.15, 0.2) is 59.6 Å². The minimum absolute atomic E-state index is 0.0660. The van der Waals surface area contributed by atoms with E-state index >= 15 is 0 Å². The van der Waals surface area contributed by atoms with E-state index in [1.54, 1.807) is 31.3 Å². The number of methoxy groups -OCH3 is 1. The Hall–Kier alpha value is -4.94. The number of carbonyl (C=O) groups excluding carboxylic acids is 4. The molecule has 1 aliphatic rings. The van der Waals surface area contributed by atoms with Gasteiger partial charge in [0.2, 0.25) is 17.7 Å². The van der Waals surface area contributed by atoms with Crippen molar-refractivity contribution in [3.63, 3.8) is 0 Å². The average Bonchev–Trinajstić information content (AvgIpc) is 3.07. The van der Waals surface area contributed by atoms with Crippen LogP contribution in [0.2, 0.25) is 0 Å². The smallest absolute Gasteiger partial charge is 0.328 e. The average molecular weight is 649 g/mol. The molecule has 1 fully saturated rings.